The van der Waals surface area contributed by atoms with E-state index in [1.807, 2.05) is 19.1 Å². The topological polar surface area (TPSA) is 254 Å². The molecule has 1 unspecified atom stereocenters. The number of benzene rings is 4. The first-order chi connectivity index (χ1) is 29.1. The number of Topliss-reactive ketones (excluding diaryl/α,β-unsaturated/α-hetero) is 1. The molecule has 61 heavy (non-hydrogen) atoms. The number of carbonyl (C=O) groups is 4. The van der Waals surface area contributed by atoms with Gasteiger partial charge in [-0.1, -0.05) is 24.3 Å². The monoisotopic (exact) mass is 838 g/mol. The van der Waals surface area contributed by atoms with E-state index in [1.165, 1.54) is 48.9 Å². The third-order valence-electron chi connectivity index (χ3n) is 11.5. The average molecular weight is 839 g/mol. The van der Waals surface area contributed by atoms with Gasteiger partial charge in [0.05, 0.1) is 48.5 Å². The van der Waals surface area contributed by atoms with Crippen molar-refractivity contribution < 1.29 is 68.1 Å². The lowest BCUT2D eigenvalue weighted by atomic mass is 9.72. The molecule has 3 aliphatic rings. The number of ketones is 3. The van der Waals surface area contributed by atoms with Crippen LogP contribution in [0.5, 0.6) is 23.0 Å². The van der Waals surface area contributed by atoms with E-state index < -0.39 is 97.1 Å². The Labute approximate surface area is 346 Å². The number of carbonyl (C=O) groups excluding carboxylic acids is 4. The quantitative estimate of drug-likeness (QED) is 0.110. The number of nitrogens with one attached hydrogen (secondary N) is 1. The summed E-state index contributed by atoms with van der Waals surface area (Å²) in [5.41, 5.74) is -0.0409. The molecule has 17 heteroatoms. The van der Waals surface area contributed by atoms with Crippen LogP contribution < -0.4 is 20.5 Å². The Morgan fingerprint density at radius 1 is 0.984 bits per heavy atom. The zero-order valence-corrected chi connectivity index (χ0v) is 33.2. The Balaban J connectivity index is 0.986. The van der Waals surface area contributed by atoms with Gasteiger partial charge >= 0.3 is 5.76 Å². The highest BCUT2D eigenvalue weighted by atomic mass is 16.7. The summed E-state index contributed by atoms with van der Waals surface area (Å²) in [4.78, 5) is 66.3. The van der Waals surface area contributed by atoms with Crippen molar-refractivity contribution in [3.63, 3.8) is 0 Å². The fourth-order valence-electron chi connectivity index (χ4n) is 8.46. The molecule has 1 aliphatic heterocycles. The second kappa shape index (κ2) is 15.9. The molecule has 17 nitrogen and oxygen atoms in total. The maximum atomic E-state index is 13.9. The van der Waals surface area contributed by atoms with Gasteiger partial charge in [-0.05, 0) is 66.9 Å². The normalized spacial score (nSPS) is 23.2. The van der Waals surface area contributed by atoms with Gasteiger partial charge in [0.15, 0.2) is 41.5 Å². The van der Waals surface area contributed by atoms with Crippen LogP contribution in [-0.2, 0) is 32.0 Å². The molecule has 0 spiro atoms. The van der Waals surface area contributed by atoms with E-state index in [0.717, 1.165) is 5.56 Å². The lowest BCUT2D eigenvalue weighted by molar-refractivity contribution is -0.249. The number of nitrogens with zero attached hydrogens (tertiary/aromatic N) is 1. The predicted molar refractivity (Wildman–Crippen MR) is 212 cm³/mol. The number of aryl methyl sites for hydroxylation is 1. The lowest BCUT2D eigenvalue weighted by Gasteiger charge is -2.42. The molecule has 1 fully saturated rings. The summed E-state index contributed by atoms with van der Waals surface area (Å²) in [5, 5.41) is 57.6. The molecule has 6 atom stereocenters. The van der Waals surface area contributed by atoms with Gasteiger partial charge in [0.2, 0.25) is 5.78 Å². The van der Waals surface area contributed by atoms with Crippen LogP contribution in [0.2, 0.25) is 0 Å². The minimum absolute atomic E-state index is 0.0103. The number of aromatic hydroxyl groups is 2. The highest BCUT2D eigenvalue weighted by Gasteiger charge is 2.48. The number of ether oxygens (including phenoxy) is 4. The second-order valence-electron chi connectivity index (χ2n) is 15.6. The fourth-order valence-corrected chi connectivity index (χ4v) is 8.46. The number of amides is 1. The molecule has 1 amide bonds. The van der Waals surface area contributed by atoms with E-state index in [4.69, 9.17) is 23.4 Å². The molecule has 6 N–H and O–H groups in total. The van der Waals surface area contributed by atoms with Crippen molar-refractivity contribution in [3.05, 3.63) is 116 Å². The van der Waals surface area contributed by atoms with Gasteiger partial charge in [0.25, 0.3) is 5.91 Å². The Morgan fingerprint density at radius 2 is 1.77 bits per heavy atom. The Kier molecular flexibility index (Phi) is 10.8. The molecule has 5 aromatic rings. The number of aliphatic hydroxyl groups excluding tert-OH is 2. The Morgan fingerprint density at radius 3 is 2.51 bits per heavy atom. The minimum atomic E-state index is -2.21. The molecule has 1 saturated heterocycles. The van der Waals surface area contributed by atoms with Crippen molar-refractivity contribution in [3.8, 4) is 23.0 Å². The number of hydrogen-bond acceptors (Lipinski definition) is 15. The third kappa shape index (κ3) is 7.44. The molecular weight excluding hydrogens is 796 g/mol. The van der Waals surface area contributed by atoms with Crippen LogP contribution in [-0.4, -0.2) is 104 Å². The summed E-state index contributed by atoms with van der Waals surface area (Å²) in [7, 11) is 1.34. The SMILES string of the molecule is COc1cccc2c1C(=O)c1c(cc3c(c1O)[C@H](OC1C[C@@H](NC(=O)COc4ccc(Cn5c(=O)oc6ccc(C)cc65)cc4O)[C@@H](O)[C@@H](C)O1)C[C@@](O)(C(=O)CO)C3)C2=O. The summed E-state index contributed by atoms with van der Waals surface area (Å²) in [6.07, 6.45) is -5.86. The van der Waals surface area contributed by atoms with Gasteiger partial charge in [0, 0.05) is 36.0 Å². The Hall–Kier alpha value is -6.37. The van der Waals surface area contributed by atoms with Crippen molar-refractivity contribution in [2.75, 3.05) is 20.3 Å². The number of methoxy groups -OCH3 is 1. The van der Waals surface area contributed by atoms with Gasteiger partial charge in [-0.3, -0.25) is 23.7 Å². The smallest absolute Gasteiger partial charge is 0.420 e. The van der Waals surface area contributed by atoms with Gasteiger partial charge in [-0.15, -0.1) is 0 Å². The average Bonchev–Trinajstić information content (AvgIpc) is 3.53. The molecule has 2 heterocycles. The van der Waals surface area contributed by atoms with Gasteiger partial charge in [-0.25, -0.2) is 4.79 Å². The van der Waals surface area contributed by atoms with Gasteiger partial charge in [-0.2, -0.15) is 0 Å². The third-order valence-corrected chi connectivity index (χ3v) is 11.5. The number of aromatic nitrogens is 1. The first-order valence-corrected chi connectivity index (χ1v) is 19.5. The van der Waals surface area contributed by atoms with Crippen molar-refractivity contribution in [1.82, 2.24) is 9.88 Å². The maximum Gasteiger partial charge on any atom is 0.420 e. The van der Waals surface area contributed by atoms with Crippen molar-refractivity contribution >= 4 is 34.4 Å². The van der Waals surface area contributed by atoms with Crippen LogP contribution >= 0.6 is 0 Å². The number of fused-ring (bicyclic) bond motifs is 4. The van der Waals surface area contributed by atoms with E-state index in [-0.39, 0.29) is 63.6 Å². The summed E-state index contributed by atoms with van der Waals surface area (Å²) in [6, 6.07) is 14.6. The predicted octanol–water partition coefficient (Wildman–Crippen LogP) is 2.50. The highest BCUT2D eigenvalue weighted by Crippen LogP contribution is 2.49. The van der Waals surface area contributed by atoms with E-state index in [2.05, 4.69) is 5.32 Å². The first kappa shape index (κ1) is 41.4. The van der Waals surface area contributed by atoms with E-state index in [9.17, 15) is 49.5 Å². The van der Waals surface area contributed by atoms with Crippen LogP contribution in [0.1, 0.15) is 80.0 Å². The number of aliphatic hydroxyl groups is 3. The van der Waals surface area contributed by atoms with E-state index in [0.29, 0.717) is 16.7 Å². The molecular formula is C44H42N2O15. The van der Waals surface area contributed by atoms with E-state index in [1.54, 1.807) is 18.2 Å². The molecule has 0 radical (unpaired) electrons. The van der Waals surface area contributed by atoms with E-state index >= 15 is 0 Å². The number of oxazole rings is 1. The van der Waals surface area contributed by atoms with Crippen LogP contribution in [0.25, 0.3) is 11.1 Å². The minimum Gasteiger partial charge on any atom is -0.507 e. The van der Waals surface area contributed by atoms with Gasteiger partial charge < -0.3 is 54.2 Å². The molecule has 8 rings (SSSR count). The van der Waals surface area contributed by atoms with Crippen LogP contribution in [0.3, 0.4) is 0 Å². The molecule has 2 aliphatic carbocycles. The van der Waals surface area contributed by atoms with Crippen molar-refractivity contribution in [2.24, 2.45) is 0 Å². The summed E-state index contributed by atoms with van der Waals surface area (Å²) < 4.78 is 29.9. The van der Waals surface area contributed by atoms with Gasteiger partial charge in [0.1, 0.15) is 29.8 Å². The zero-order valence-electron chi connectivity index (χ0n) is 33.2. The highest BCUT2D eigenvalue weighted by molar-refractivity contribution is 6.30. The summed E-state index contributed by atoms with van der Waals surface area (Å²) in [6.45, 7) is 1.91. The summed E-state index contributed by atoms with van der Waals surface area (Å²) in [5.74, 6) is -4.27. The summed E-state index contributed by atoms with van der Waals surface area (Å²) >= 11 is 0. The molecule has 1 aromatic heterocycles. The largest absolute Gasteiger partial charge is 0.507 e. The standard InChI is InChI=1S/C44H42N2O15/c1-20-7-9-29-27(11-20)46(43(55)61-29)17-22-8-10-30(28(48)12-22)58-19-34(50)45-26-14-35(59-21(2)39(26)51)60-32-16-44(56,33(49)18-47)15-23-13-25-38(41(53)36(23)32)42(54)37-24(40(25)52)5-4-6-31(37)57-3/h4-13,21,26,32,35,39,47-48,51,53,56H,14-19H2,1-3H3,(H,45,50)/t21-,26-,32-,35?,39+,44-/m1/s1. The number of phenolic OH excluding ortho intramolecular Hbond substituents is 2. The zero-order chi connectivity index (χ0) is 43.5. The first-order valence-electron chi connectivity index (χ1n) is 19.5. The maximum absolute atomic E-state index is 13.9. The Bertz CT molecular complexity index is 2680. The van der Waals surface area contributed by atoms with Crippen molar-refractivity contribution in [2.45, 2.75) is 75.9 Å². The number of rotatable bonds is 11. The molecule has 4 aromatic carbocycles. The lowest BCUT2D eigenvalue weighted by Crippen LogP contribution is -2.56. The molecule has 0 bridgehead atoms. The van der Waals surface area contributed by atoms with Crippen LogP contribution in [0.15, 0.2) is 69.9 Å². The molecule has 0 saturated carbocycles. The number of hydrogen-bond donors (Lipinski definition) is 6. The van der Waals surface area contributed by atoms with Crippen LogP contribution in [0, 0.1) is 6.92 Å². The second-order valence-corrected chi connectivity index (χ2v) is 15.6. The fraction of sp³-hybridized carbons (Fsp3) is 0.341. The molecule has 318 valence electrons. The van der Waals surface area contributed by atoms with Crippen LogP contribution in [0.4, 0.5) is 0 Å². The number of phenols is 2. The van der Waals surface area contributed by atoms with Crippen molar-refractivity contribution in [1.29, 1.82) is 0 Å².